The minimum atomic E-state index is -0.352. The van der Waals surface area contributed by atoms with Gasteiger partial charge in [0, 0.05) is 12.6 Å². The molecule has 138 valence electrons. The van der Waals surface area contributed by atoms with Crippen LogP contribution in [0.3, 0.4) is 0 Å². The van der Waals surface area contributed by atoms with Crippen LogP contribution in [0, 0.1) is 0 Å². The van der Waals surface area contributed by atoms with Crippen molar-refractivity contribution in [2.75, 3.05) is 5.32 Å². The summed E-state index contributed by atoms with van der Waals surface area (Å²) < 4.78 is 0. The first-order chi connectivity index (χ1) is 13.6. The number of nitrogens with one attached hydrogen (secondary N) is 2. The van der Waals surface area contributed by atoms with E-state index in [0.717, 1.165) is 12.0 Å². The third-order valence-electron chi connectivity index (χ3n) is 4.72. The van der Waals surface area contributed by atoms with Crippen molar-refractivity contribution in [1.82, 2.24) is 5.32 Å². The highest BCUT2D eigenvalue weighted by Gasteiger charge is 2.19. The molecule has 3 aromatic carbocycles. The number of hydrogen-bond acceptors (Lipinski definition) is 2. The number of hydrogen-bond donors (Lipinski definition) is 2. The van der Waals surface area contributed by atoms with Crippen LogP contribution < -0.4 is 10.6 Å². The van der Waals surface area contributed by atoms with Crippen molar-refractivity contribution in [3.63, 3.8) is 0 Å². The van der Waals surface area contributed by atoms with Gasteiger partial charge in [-0.15, -0.1) is 0 Å². The quantitative estimate of drug-likeness (QED) is 0.526. The Kier molecular flexibility index (Phi) is 4.77. The molecule has 0 saturated heterocycles. The molecule has 3 aromatic rings. The Labute approximate surface area is 163 Å². The van der Waals surface area contributed by atoms with Gasteiger partial charge in [-0.2, -0.15) is 0 Å². The molecule has 28 heavy (non-hydrogen) atoms. The predicted molar refractivity (Wildman–Crippen MR) is 112 cm³/mol. The van der Waals surface area contributed by atoms with E-state index in [1.54, 1.807) is 6.08 Å². The molecule has 0 spiro atoms. The molecule has 0 aromatic heterocycles. The zero-order valence-electron chi connectivity index (χ0n) is 15.5. The molecular weight excluding hydrogens is 348 g/mol. The Morgan fingerprint density at radius 2 is 1.57 bits per heavy atom. The summed E-state index contributed by atoms with van der Waals surface area (Å²) in [5, 5.41) is 5.53. The van der Waals surface area contributed by atoms with Crippen LogP contribution >= 0.6 is 0 Å². The molecule has 1 aliphatic rings. The van der Waals surface area contributed by atoms with Gasteiger partial charge in [-0.25, -0.2) is 0 Å². The molecule has 0 saturated carbocycles. The zero-order chi connectivity index (χ0) is 19.5. The van der Waals surface area contributed by atoms with Crippen molar-refractivity contribution in [2.24, 2.45) is 0 Å². The number of anilines is 1. The SMILES string of the molecule is CC(=O)NC(=Cc1ccccc1)C(=O)Nc1ccc2c(c1)Cc1ccccc1-2. The van der Waals surface area contributed by atoms with E-state index in [9.17, 15) is 9.59 Å². The van der Waals surface area contributed by atoms with Crippen molar-refractivity contribution in [2.45, 2.75) is 13.3 Å². The second-order valence-electron chi connectivity index (χ2n) is 6.81. The molecule has 2 amide bonds. The molecule has 0 atom stereocenters. The largest absolute Gasteiger partial charge is 0.322 e. The monoisotopic (exact) mass is 368 g/mol. The van der Waals surface area contributed by atoms with Crippen molar-refractivity contribution in [3.05, 3.63) is 95.2 Å². The smallest absolute Gasteiger partial charge is 0.272 e. The van der Waals surface area contributed by atoms with Crippen LogP contribution in [0.4, 0.5) is 5.69 Å². The molecule has 1 aliphatic carbocycles. The van der Waals surface area contributed by atoms with E-state index in [2.05, 4.69) is 22.8 Å². The van der Waals surface area contributed by atoms with Crippen LogP contribution in [0.1, 0.15) is 23.6 Å². The second-order valence-corrected chi connectivity index (χ2v) is 6.81. The van der Waals surface area contributed by atoms with E-state index in [0.29, 0.717) is 5.69 Å². The van der Waals surface area contributed by atoms with Gasteiger partial charge in [0.2, 0.25) is 5.91 Å². The highest BCUT2D eigenvalue weighted by atomic mass is 16.2. The maximum atomic E-state index is 12.8. The average molecular weight is 368 g/mol. The molecule has 0 aliphatic heterocycles. The standard InChI is InChI=1S/C24H20N2O2/c1-16(27)25-23(13-17-7-3-2-4-8-17)24(28)26-20-11-12-22-19(15-20)14-18-9-5-6-10-21(18)22/h2-13,15H,14H2,1H3,(H,25,27)(H,26,28). The summed E-state index contributed by atoms with van der Waals surface area (Å²) >= 11 is 0. The third kappa shape index (κ3) is 3.71. The topological polar surface area (TPSA) is 58.2 Å². The molecular formula is C24H20N2O2. The lowest BCUT2D eigenvalue weighted by molar-refractivity contribution is -0.120. The maximum Gasteiger partial charge on any atom is 0.272 e. The van der Waals surface area contributed by atoms with E-state index in [4.69, 9.17) is 0 Å². The Hall–Kier alpha value is -3.66. The molecule has 4 heteroatoms. The Morgan fingerprint density at radius 3 is 2.36 bits per heavy atom. The van der Waals surface area contributed by atoms with Gasteiger partial charge in [-0.3, -0.25) is 9.59 Å². The van der Waals surface area contributed by atoms with Gasteiger partial charge in [0.25, 0.3) is 5.91 Å². The maximum absolute atomic E-state index is 12.8. The summed E-state index contributed by atoms with van der Waals surface area (Å²) in [6.07, 6.45) is 2.52. The molecule has 0 fully saturated rings. The minimum Gasteiger partial charge on any atom is -0.322 e. The lowest BCUT2D eigenvalue weighted by Gasteiger charge is -2.11. The fraction of sp³-hybridized carbons (Fsp3) is 0.0833. The fourth-order valence-electron chi connectivity index (χ4n) is 3.49. The molecule has 4 rings (SSSR count). The summed E-state index contributed by atoms with van der Waals surface area (Å²) in [5.41, 5.74) is 6.69. The van der Waals surface area contributed by atoms with Crippen LogP contribution in [-0.2, 0) is 16.0 Å². The van der Waals surface area contributed by atoms with E-state index in [-0.39, 0.29) is 17.5 Å². The summed E-state index contributed by atoms with van der Waals surface area (Å²) in [5.74, 6) is -0.642. The first-order valence-electron chi connectivity index (χ1n) is 9.17. The average Bonchev–Trinajstić information content (AvgIpc) is 3.05. The minimum absolute atomic E-state index is 0.211. The van der Waals surface area contributed by atoms with Crippen molar-refractivity contribution in [3.8, 4) is 11.1 Å². The number of carbonyl (C=O) groups excluding carboxylic acids is 2. The zero-order valence-corrected chi connectivity index (χ0v) is 15.5. The number of carbonyl (C=O) groups is 2. The van der Waals surface area contributed by atoms with Crippen LogP contribution in [0.2, 0.25) is 0 Å². The lowest BCUT2D eigenvalue weighted by Crippen LogP contribution is -2.29. The number of rotatable bonds is 4. The molecule has 0 radical (unpaired) electrons. The highest BCUT2D eigenvalue weighted by molar-refractivity contribution is 6.08. The fourth-order valence-corrected chi connectivity index (χ4v) is 3.49. The second kappa shape index (κ2) is 7.53. The summed E-state index contributed by atoms with van der Waals surface area (Å²) in [6, 6.07) is 23.7. The van der Waals surface area contributed by atoms with Gasteiger partial charge >= 0.3 is 0 Å². The van der Waals surface area contributed by atoms with E-state index >= 15 is 0 Å². The van der Waals surface area contributed by atoms with Crippen LogP contribution in [0.15, 0.2) is 78.5 Å². The van der Waals surface area contributed by atoms with Gasteiger partial charge in [0.15, 0.2) is 0 Å². The van der Waals surface area contributed by atoms with Gasteiger partial charge in [0.05, 0.1) is 0 Å². The van der Waals surface area contributed by atoms with E-state index in [1.807, 2.05) is 60.7 Å². The normalized spacial score (nSPS) is 12.1. The van der Waals surface area contributed by atoms with Gasteiger partial charge < -0.3 is 10.6 Å². The lowest BCUT2D eigenvalue weighted by atomic mass is 10.1. The number of benzene rings is 3. The third-order valence-corrected chi connectivity index (χ3v) is 4.72. The van der Waals surface area contributed by atoms with Crippen molar-refractivity contribution in [1.29, 1.82) is 0 Å². The summed E-state index contributed by atoms with van der Waals surface area (Å²) in [4.78, 5) is 24.3. The molecule has 0 unspecified atom stereocenters. The first-order valence-corrected chi connectivity index (χ1v) is 9.17. The summed E-state index contributed by atoms with van der Waals surface area (Å²) in [7, 11) is 0. The first kappa shape index (κ1) is 17.7. The molecule has 4 nitrogen and oxygen atoms in total. The molecule has 0 heterocycles. The Balaban J connectivity index is 1.57. The summed E-state index contributed by atoms with van der Waals surface area (Å²) in [6.45, 7) is 1.39. The number of amides is 2. The molecule has 0 bridgehead atoms. The number of fused-ring (bicyclic) bond motifs is 3. The Morgan fingerprint density at radius 1 is 0.857 bits per heavy atom. The molecule has 2 N–H and O–H groups in total. The van der Waals surface area contributed by atoms with Gasteiger partial charge in [-0.1, -0.05) is 60.7 Å². The van der Waals surface area contributed by atoms with E-state index in [1.165, 1.54) is 29.2 Å². The van der Waals surface area contributed by atoms with Crippen LogP contribution in [0.5, 0.6) is 0 Å². The highest BCUT2D eigenvalue weighted by Crippen LogP contribution is 2.37. The predicted octanol–water partition coefficient (Wildman–Crippen LogP) is 4.37. The van der Waals surface area contributed by atoms with Crippen molar-refractivity contribution < 1.29 is 9.59 Å². The van der Waals surface area contributed by atoms with Gasteiger partial charge in [0.1, 0.15) is 5.70 Å². The van der Waals surface area contributed by atoms with Crippen LogP contribution in [-0.4, -0.2) is 11.8 Å². The Bertz CT molecular complexity index is 1080. The van der Waals surface area contributed by atoms with E-state index < -0.39 is 0 Å². The van der Waals surface area contributed by atoms with Crippen molar-refractivity contribution >= 4 is 23.6 Å². The van der Waals surface area contributed by atoms with Gasteiger partial charge in [-0.05, 0) is 52.4 Å². The van der Waals surface area contributed by atoms with Crippen LogP contribution in [0.25, 0.3) is 17.2 Å².